The number of fused-ring (bicyclic) bond motifs is 1. The molecule has 0 N–H and O–H groups in total. The van der Waals surface area contributed by atoms with E-state index in [0.717, 1.165) is 31.0 Å². The molecule has 4 rings (SSSR count). The molecule has 2 aliphatic rings. The van der Waals surface area contributed by atoms with Crippen molar-refractivity contribution >= 4 is 11.8 Å². The Labute approximate surface area is 169 Å². The zero-order valence-corrected chi connectivity index (χ0v) is 16.7. The molecule has 0 bridgehead atoms. The third kappa shape index (κ3) is 4.31. The zero-order chi connectivity index (χ0) is 20.4. The van der Waals surface area contributed by atoms with Gasteiger partial charge in [0.1, 0.15) is 17.5 Å². The van der Waals surface area contributed by atoms with Gasteiger partial charge < -0.3 is 14.4 Å². The van der Waals surface area contributed by atoms with Crippen LogP contribution in [-0.4, -0.2) is 62.6 Å². The number of likely N-dealkylation sites (tertiary alicyclic amines) is 1. The first-order chi connectivity index (χ1) is 14.0. The Kier molecular flexibility index (Phi) is 5.60. The summed E-state index contributed by atoms with van der Waals surface area (Å²) in [6.07, 6.45) is 2.79. The normalized spacial score (nSPS) is 19.6. The fourth-order valence-electron chi connectivity index (χ4n) is 4.30. The largest absolute Gasteiger partial charge is 0.342 e. The van der Waals surface area contributed by atoms with Gasteiger partial charge >= 0.3 is 0 Å². The van der Waals surface area contributed by atoms with E-state index in [1.165, 1.54) is 12.1 Å². The van der Waals surface area contributed by atoms with Crippen LogP contribution < -0.4 is 0 Å². The first kappa shape index (κ1) is 19.5. The monoisotopic (exact) mass is 399 g/mol. The van der Waals surface area contributed by atoms with Gasteiger partial charge in [0, 0.05) is 52.0 Å². The molecule has 1 fully saturated rings. The number of nitrogens with zero attached hydrogens (tertiary/aromatic N) is 5. The van der Waals surface area contributed by atoms with Gasteiger partial charge in [-0.3, -0.25) is 9.59 Å². The van der Waals surface area contributed by atoms with Gasteiger partial charge in [-0.1, -0.05) is 12.1 Å². The van der Waals surface area contributed by atoms with E-state index in [2.05, 4.69) is 14.8 Å². The molecule has 1 aromatic carbocycles. The van der Waals surface area contributed by atoms with Crippen LogP contribution >= 0.6 is 0 Å². The summed E-state index contributed by atoms with van der Waals surface area (Å²) in [5.41, 5.74) is 0.686. The van der Waals surface area contributed by atoms with Gasteiger partial charge in [-0.05, 0) is 30.5 Å². The molecular weight excluding hydrogens is 373 g/mol. The van der Waals surface area contributed by atoms with Crippen molar-refractivity contribution in [3.8, 4) is 0 Å². The molecule has 3 heterocycles. The van der Waals surface area contributed by atoms with Gasteiger partial charge in [0.05, 0.1) is 6.42 Å². The number of hydrogen-bond donors (Lipinski definition) is 0. The lowest BCUT2D eigenvalue weighted by molar-refractivity contribution is -0.131. The lowest BCUT2D eigenvalue weighted by Gasteiger charge is -2.31. The zero-order valence-electron chi connectivity index (χ0n) is 16.7. The second-order valence-electron chi connectivity index (χ2n) is 7.87. The van der Waals surface area contributed by atoms with Crippen LogP contribution in [0, 0.1) is 5.82 Å². The van der Waals surface area contributed by atoms with Gasteiger partial charge in [0.15, 0.2) is 0 Å². The lowest BCUT2D eigenvalue weighted by atomic mass is 9.97. The summed E-state index contributed by atoms with van der Waals surface area (Å²) in [5, 5.41) is 8.81. The molecule has 7 nitrogen and oxygen atoms in total. The highest BCUT2D eigenvalue weighted by Gasteiger charge is 2.29. The fourth-order valence-corrected chi connectivity index (χ4v) is 4.30. The fraction of sp³-hybridized carbons (Fsp3) is 0.524. The number of rotatable bonds is 3. The minimum atomic E-state index is -0.325. The number of piperidine rings is 1. The van der Waals surface area contributed by atoms with Crippen molar-refractivity contribution < 1.29 is 14.0 Å². The first-order valence-electron chi connectivity index (χ1n) is 10.2. The van der Waals surface area contributed by atoms with Crippen LogP contribution in [0.2, 0.25) is 0 Å². The molecule has 29 heavy (non-hydrogen) atoms. The third-order valence-electron chi connectivity index (χ3n) is 5.88. The number of benzene rings is 1. The molecule has 0 saturated carbocycles. The van der Waals surface area contributed by atoms with E-state index >= 15 is 0 Å². The molecule has 0 aliphatic carbocycles. The second kappa shape index (κ2) is 8.31. The van der Waals surface area contributed by atoms with Crippen LogP contribution in [0.25, 0.3) is 0 Å². The van der Waals surface area contributed by atoms with Crippen molar-refractivity contribution in [2.45, 2.75) is 45.1 Å². The van der Waals surface area contributed by atoms with Crippen LogP contribution in [0.5, 0.6) is 0 Å². The van der Waals surface area contributed by atoms with Gasteiger partial charge in [-0.15, -0.1) is 10.2 Å². The van der Waals surface area contributed by atoms with Crippen LogP contribution in [0.3, 0.4) is 0 Å². The molecule has 1 unspecified atom stereocenters. The van der Waals surface area contributed by atoms with Crippen molar-refractivity contribution in [3.63, 3.8) is 0 Å². The summed E-state index contributed by atoms with van der Waals surface area (Å²) >= 11 is 0. The molecule has 1 saturated heterocycles. The summed E-state index contributed by atoms with van der Waals surface area (Å²) in [4.78, 5) is 28.2. The molecule has 154 valence electrons. The van der Waals surface area contributed by atoms with Gasteiger partial charge in [0.25, 0.3) is 0 Å². The summed E-state index contributed by atoms with van der Waals surface area (Å²) < 4.78 is 15.5. The van der Waals surface area contributed by atoms with Crippen molar-refractivity contribution in [1.82, 2.24) is 24.6 Å². The summed E-state index contributed by atoms with van der Waals surface area (Å²) in [6, 6.07) is 6.19. The maximum absolute atomic E-state index is 13.4. The van der Waals surface area contributed by atoms with Crippen molar-refractivity contribution in [1.29, 1.82) is 0 Å². The standard InChI is InChI=1S/C21H26FN5O2/c1-15(28)26-8-3-5-17(14-26)21-24-23-19-7-9-25(10-11-27(19)21)20(29)13-16-4-2-6-18(22)12-16/h2,4,6,12,17H,3,5,7-11,13-14H2,1H3. The highest BCUT2D eigenvalue weighted by Crippen LogP contribution is 2.27. The van der Waals surface area contributed by atoms with E-state index in [9.17, 15) is 14.0 Å². The molecule has 1 aromatic heterocycles. The number of halogens is 1. The van der Waals surface area contributed by atoms with Crippen LogP contribution in [0.1, 0.15) is 42.9 Å². The molecule has 1 atom stereocenters. The third-order valence-corrected chi connectivity index (χ3v) is 5.88. The average Bonchev–Trinajstić information content (AvgIpc) is 2.99. The maximum atomic E-state index is 13.4. The minimum Gasteiger partial charge on any atom is -0.342 e. The maximum Gasteiger partial charge on any atom is 0.227 e. The number of aromatic nitrogens is 3. The highest BCUT2D eigenvalue weighted by atomic mass is 19.1. The molecule has 2 amide bonds. The Morgan fingerprint density at radius 1 is 1.14 bits per heavy atom. The van der Waals surface area contributed by atoms with Crippen molar-refractivity contribution in [3.05, 3.63) is 47.3 Å². The number of carbonyl (C=O) groups is 2. The predicted molar refractivity (Wildman–Crippen MR) is 105 cm³/mol. The van der Waals surface area contributed by atoms with Crippen molar-refractivity contribution in [2.24, 2.45) is 0 Å². The summed E-state index contributed by atoms with van der Waals surface area (Å²) in [7, 11) is 0. The van der Waals surface area contributed by atoms with Crippen LogP contribution in [0.4, 0.5) is 4.39 Å². The molecular formula is C21H26FN5O2. The first-order valence-corrected chi connectivity index (χ1v) is 10.2. The van der Waals surface area contributed by atoms with Gasteiger partial charge in [0.2, 0.25) is 11.8 Å². The summed E-state index contributed by atoms with van der Waals surface area (Å²) in [6.45, 7) is 4.88. The van der Waals surface area contributed by atoms with Crippen LogP contribution in [-0.2, 0) is 29.0 Å². The Morgan fingerprint density at radius 2 is 2.00 bits per heavy atom. The van der Waals surface area contributed by atoms with Gasteiger partial charge in [-0.25, -0.2) is 4.39 Å². The van der Waals surface area contributed by atoms with Gasteiger partial charge in [-0.2, -0.15) is 0 Å². The number of amides is 2. The lowest BCUT2D eigenvalue weighted by Crippen LogP contribution is -2.38. The predicted octanol–water partition coefficient (Wildman–Crippen LogP) is 1.77. The minimum absolute atomic E-state index is 0.00344. The molecule has 2 aliphatic heterocycles. The van der Waals surface area contributed by atoms with E-state index in [1.54, 1.807) is 19.1 Å². The Morgan fingerprint density at radius 3 is 2.79 bits per heavy atom. The van der Waals surface area contributed by atoms with E-state index in [0.29, 0.717) is 38.2 Å². The Balaban J connectivity index is 1.43. The molecule has 0 radical (unpaired) electrons. The molecule has 0 spiro atoms. The summed E-state index contributed by atoms with van der Waals surface area (Å²) in [5.74, 6) is 1.76. The Bertz CT molecular complexity index is 912. The number of hydrogen-bond acceptors (Lipinski definition) is 4. The molecule has 2 aromatic rings. The SMILES string of the molecule is CC(=O)N1CCCC(c2nnc3n2CCN(C(=O)Cc2cccc(F)c2)CC3)C1. The van der Waals surface area contributed by atoms with E-state index in [1.807, 2.05) is 9.80 Å². The highest BCUT2D eigenvalue weighted by molar-refractivity contribution is 5.78. The van der Waals surface area contributed by atoms with E-state index < -0.39 is 0 Å². The van der Waals surface area contributed by atoms with E-state index in [-0.39, 0.29) is 30.0 Å². The quantitative estimate of drug-likeness (QED) is 0.789. The second-order valence-corrected chi connectivity index (χ2v) is 7.87. The average molecular weight is 399 g/mol. The van der Waals surface area contributed by atoms with Crippen LogP contribution in [0.15, 0.2) is 24.3 Å². The van der Waals surface area contributed by atoms with E-state index in [4.69, 9.17) is 0 Å². The molecule has 8 heteroatoms. The Hall–Kier alpha value is -2.77. The smallest absolute Gasteiger partial charge is 0.227 e. The topological polar surface area (TPSA) is 71.3 Å². The van der Waals surface area contributed by atoms with Crippen molar-refractivity contribution in [2.75, 3.05) is 26.2 Å². The number of carbonyl (C=O) groups excluding carboxylic acids is 2.